The van der Waals surface area contributed by atoms with Gasteiger partial charge < -0.3 is 20.8 Å². The van der Waals surface area contributed by atoms with E-state index >= 15 is 0 Å². The minimum absolute atomic E-state index is 0.160. The number of carboxylic acids is 1. The largest absolute Gasteiger partial charge is 0.478 e. The van der Waals surface area contributed by atoms with Crippen molar-refractivity contribution in [3.8, 4) is 0 Å². The summed E-state index contributed by atoms with van der Waals surface area (Å²) in [5, 5.41) is 10.4. The Morgan fingerprint density at radius 2 is 1.83 bits per heavy atom. The summed E-state index contributed by atoms with van der Waals surface area (Å²) in [6.07, 6.45) is 1.37. The van der Waals surface area contributed by atoms with Crippen LogP contribution >= 0.6 is 21.6 Å². The maximum atomic E-state index is 11.2. The fourth-order valence-electron chi connectivity index (χ4n) is 2.16. The fraction of sp³-hybridized carbons (Fsp3) is 0. The average molecular weight is 359 g/mol. The van der Waals surface area contributed by atoms with E-state index < -0.39 is 5.97 Å². The number of nitrogens with two attached hydrogens (primary N) is 1. The molecule has 9 nitrogen and oxygen atoms in total. The van der Waals surface area contributed by atoms with Crippen molar-refractivity contribution in [1.82, 2.24) is 29.9 Å². The van der Waals surface area contributed by atoms with Crippen molar-refractivity contribution in [2.75, 3.05) is 5.73 Å². The molecular weight excluding hydrogens is 350 g/mol. The quantitative estimate of drug-likeness (QED) is 0.403. The van der Waals surface area contributed by atoms with Gasteiger partial charge in [-0.15, -0.1) is 0 Å². The highest BCUT2D eigenvalue weighted by Crippen LogP contribution is 2.36. The van der Waals surface area contributed by atoms with Crippen LogP contribution in [0.1, 0.15) is 10.4 Å². The monoisotopic (exact) mass is 359 g/mol. The van der Waals surface area contributed by atoms with Gasteiger partial charge in [-0.3, -0.25) is 0 Å². The third-order valence-electron chi connectivity index (χ3n) is 3.21. The Labute approximate surface area is 141 Å². The van der Waals surface area contributed by atoms with Gasteiger partial charge in [0.1, 0.15) is 11.8 Å². The minimum atomic E-state index is -1.01. The number of anilines is 1. The van der Waals surface area contributed by atoms with Crippen LogP contribution in [0.4, 0.5) is 5.82 Å². The zero-order valence-corrected chi connectivity index (χ0v) is 13.5. The molecular formula is C13H9N7O2S2. The van der Waals surface area contributed by atoms with Crippen molar-refractivity contribution < 1.29 is 9.90 Å². The number of para-hydroxylation sites is 1. The summed E-state index contributed by atoms with van der Waals surface area (Å²) in [6.45, 7) is 0. The normalized spacial score (nSPS) is 11.3. The van der Waals surface area contributed by atoms with Crippen LogP contribution < -0.4 is 5.73 Å². The summed E-state index contributed by atoms with van der Waals surface area (Å²) >= 11 is 0. The maximum absolute atomic E-state index is 11.2. The number of nitrogens with one attached hydrogen (secondary N) is 2. The molecule has 0 saturated heterocycles. The average Bonchev–Trinajstić information content (AvgIpc) is 3.16. The first-order chi connectivity index (χ1) is 11.6. The lowest BCUT2D eigenvalue weighted by molar-refractivity contribution is 0.0699. The molecule has 0 spiro atoms. The Hall–Kier alpha value is -2.79. The Balaban J connectivity index is 1.61. The number of hydrogen-bond donors (Lipinski definition) is 4. The molecule has 0 atom stereocenters. The molecule has 11 heteroatoms. The molecule has 0 saturated carbocycles. The third kappa shape index (κ3) is 2.53. The van der Waals surface area contributed by atoms with Gasteiger partial charge in [-0.1, -0.05) is 6.07 Å². The fourth-order valence-corrected chi connectivity index (χ4v) is 3.82. The van der Waals surface area contributed by atoms with E-state index in [-0.39, 0.29) is 5.56 Å². The number of nitrogen functional groups attached to an aromatic ring is 1. The van der Waals surface area contributed by atoms with Crippen molar-refractivity contribution in [1.29, 1.82) is 0 Å². The smallest absolute Gasteiger partial charge is 0.337 e. The number of aromatic nitrogens is 6. The number of imidazole rings is 2. The van der Waals surface area contributed by atoms with E-state index in [1.807, 2.05) is 0 Å². The van der Waals surface area contributed by atoms with Gasteiger partial charge in [-0.05, 0) is 33.7 Å². The second-order valence-corrected chi connectivity index (χ2v) is 6.82. The first-order valence-electron chi connectivity index (χ1n) is 6.64. The van der Waals surface area contributed by atoms with E-state index in [9.17, 15) is 9.90 Å². The summed E-state index contributed by atoms with van der Waals surface area (Å²) in [7, 11) is 2.64. The second kappa shape index (κ2) is 5.69. The number of H-pyrrole nitrogens is 2. The van der Waals surface area contributed by atoms with E-state index in [1.54, 1.807) is 12.1 Å². The van der Waals surface area contributed by atoms with Crippen molar-refractivity contribution in [3.63, 3.8) is 0 Å². The number of benzene rings is 1. The first-order valence-corrected chi connectivity index (χ1v) is 8.79. The van der Waals surface area contributed by atoms with Crippen LogP contribution in [0.15, 0.2) is 34.8 Å². The van der Waals surface area contributed by atoms with E-state index in [0.717, 1.165) is 0 Å². The lowest BCUT2D eigenvalue weighted by Crippen LogP contribution is -1.96. The van der Waals surface area contributed by atoms with Crippen molar-refractivity contribution >= 4 is 55.6 Å². The van der Waals surface area contributed by atoms with Crippen LogP contribution in [0.25, 0.3) is 22.2 Å². The van der Waals surface area contributed by atoms with Crippen molar-refractivity contribution in [3.05, 3.63) is 30.1 Å². The molecule has 1 aromatic carbocycles. The molecule has 4 aromatic rings. The maximum Gasteiger partial charge on any atom is 0.337 e. The molecule has 0 aliphatic rings. The lowest BCUT2D eigenvalue weighted by atomic mass is 10.2. The zero-order valence-electron chi connectivity index (χ0n) is 11.8. The highest BCUT2D eigenvalue weighted by atomic mass is 33.1. The van der Waals surface area contributed by atoms with Crippen molar-refractivity contribution in [2.45, 2.75) is 10.3 Å². The number of rotatable bonds is 4. The van der Waals surface area contributed by atoms with E-state index in [1.165, 1.54) is 34.0 Å². The van der Waals surface area contributed by atoms with Crippen LogP contribution in [0.5, 0.6) is 0 Å². The molecule has 0 radical (unpaired) electrons. The molecule has 24 heavy (non-hydrogen) atoms. The zero-order chi connectivity index (χ0) is 16.7. The first kappa shape index (κ1) is 14.8. The van der Waals surface area contributed by atoms with Gasteiger partial charge in [0.2, 0.25) is 0 Å². The number of aromatic carboxylic acids is 1. The molecule has 0 amide bonds. The molecule has 0 fully saturated rings. The van der Waals surface area contributed by atoms with Crippen LogP contribution in [0.3, 0.4) is 0 Å². The van der Waals surface area contributed by atoms with Gasteiger partial charge in [0.15, 0.2) is 27.3 Å². The lowest BCUT2D eigenvalue weighted by Gasteiger charge is -1.93. The van der Waals surface area contributed by atoms with Crippen LogP contribution in [0.2, 0.25) is 0 Å². The number of hydrogen-bond acceptors (Lipinski definition) is 8. The topological polar surface area (TPSA) is 146 Å². The number of carbonyl (C=O) groups is 1. The number of aromatic amines is 2. The SMILES string of the molecule is Nc1ncnc2[nH]c(SSc3nc4c(C(=O)O)cccc4[nH]3)nc12. The van der Waals surface area contributed by atoms with E-state index in [4.69, 9.17) is 5.73 Å². The summed E-state index contributed by atoms with van der Waals surface area (Å²) in [4.78, 5) is 34.0. The van der Waals surface area contributed by atoms with Gasteiger partial charge in [-0.2, -0.15) is 0 Å². The Morgan fingerprint density at radius 1 is 1.08 bits per heavy atom. The van der Waals surface area contributed by atoms with Gasteiger partial charge >= 0.3 is 5.97 Å². The summed E-state index contributed by atoms with van der Waals surface area (Å²) in [5.74, 6) is -0.703. The van der Waals surface area contributed by atoms with Gasteiger partial charge in [0, 0.05) is 0 Å². The summed E-state index contributed by atoms with van der Waals surface area (Å²) in [6, 6.07) is 4.97. The Kier molecular flexibility index (Phi) is 3.50. The van der Waals surface area contributed by atoms with Crippen LogP contribution in [0, 0.1) is 0 Å². The van der Waals surface area contributed by atoms with Crippen molar-refractivity contribution in [2.24, 2.45) is 0 Å². The summed E-state index contributed by atoms with van der Waals surface area (Å²) < 4.78 is 0. The third-order valence-corrected chi connectivity index (χ3v) is 5.19. The van der Waals surface area contributed by atoms with Gasteiger partial charge in [0.05, 0.1) is 11.1 Å². The van der Waals surface area contributed by atoms with E-state index in [2.05, 4.69) is 29.9 Å². The molecule has 0 aliphatic heterocycles. The molecule has 3 heterocycles. The molecule has 5 N–H and O–H groups in total. The molecule has 120 valence electrons. The van der Waals surface area contributed by atoms with Gasteiger partial charge in [0.25, 0.3) is 0 Å². The molecule has 0 aliphatic carbocycles. The number of fused-ring (bicyclic) bond motifs is 2. The number of carboxylic acid groups (broad SMARTS) is 1. The predicted molar refractivity (Wildman–Crippen MR) is 90.9 cm³/mol. The highest BCUT2D eigenvalue weighted by Gasteiger charge is 2.14. The molecule has 0 bridgehead atoms. The minimum Gasteiger partial charge on any atom is -0.478 e. The summed E-state index contributed by atoms with van der Waals surface area (Å²) in [5.41, 5.74) is 8.07. The highest BCUT2D eigenvalue weighted by molar-refractivity contribution is 8.76. The van der Waals surface area contributed by atoms with Crippen LogP contribution in [-0.4, -0.2) is 41.0 Å². The van der Waals surface area contributed by atoms with Crippen LogP contribution in [-0.2, 0) is 0 Å². The Morgan fingerprint density at radius 3 is 2.58 bits per heavy atom. The van der Waals surface area contributed by atoms with E-state index in [0.29, 0.717) is 38.3 Å². The number of nitrogens with zero attached hydrogens (tertiary/aromatic N) is 4. The standard InChI is InChI=1S/C13H9N7O2S2/c14-9-8-10(16-4-15-9)20-13(19-8)24-23-12-17-6-3-1-2-5(11(21)22)7(6)18-12/h1-4H,(H,17,18)(H,21,22)(H3,14,15,16,19,20). The Bertz CT molecular complexity index is 1070. The second-order valence-electron chi connectivity index (χ2n) is 4.71. The molecule has 0 unspecified atom stereocenters. The molecule has 4 rings (SSSR count). The molecule has 3 aromatic heterocycles. The predicted octanol–water partition coefficient (Wildman–Crippen LogP) is 2.31. The van der Waals surface area contributed by atoms with Gasteiger partial charge in [-0.25, -0.2) is 24.7 Å².